The first-order chi connectivity index (χ1) is 12.6. The van der Waals surface area contributed by atoms with Crippen LogP contribution in [0.3, 0.4) is 0 Å². The smallest absolute Gasteiger partial charge is 0.187 e. The van der Waals surface area contributed by atoms with Gasteiger partial charge in [0.25, 0.3) is 0 Å². The molecular weight excluding hydrogens is 324 g/mol. The third kappa shape index (κ3) is 4.95. The van der Waals surface area contributed by atoms with Gasteiger partial charge in [-0.2, -0.15) is 0 Å². The van der Waals surface area contributed by atoms with Gasteiger partial charge in [0.15, 0.2) is 5.79 Å². The Kier molecular flexibility index (Phi) is 6.49. The summed E-state index contributed by atoms with van der Waals surface area (Å²) in [6.45, 7) is 8.06. The topological polar surface area (TPSA) is 36.3 Å². The number of ether oxygens (including phenoxy) is 2. The maximum atomic E-state index is 6.44. The zero-order chi connectivity index (χ0) is 18.4. The lowest BCUT2D eigenvalue weighted by atomic mass is 9.98. The van der Waals surface area contributed by atoms with Crippen LogP contribution in [0.5, 0.6) is 0 Å². The molecule has 2 atom stereocenters. The number of imidazole rings is 1. The third-order valence-electron chi connectivity index (χ3n) is 5.22. The number of unbranched alkanes of at least 4 members (excludes halogenated alkanes) is 1. The summed E-state index contributed by atoms with van der Waals surface area (Å²) in [5.41, 5.74) is 2.72. The van der Waals surface area contributed by atoms with Gasteiger partial charge in [-0.15, -0.1) is 0 Å². The maximum Gasteiger partial charge on any atom is 0.187 e. The molecule has 3 rings (SSSR count). The van der Waals surface area contributed by atoms with Gasteiger partial charge in [0, 0.05) is 18.8 Å². The Hall–Kier alpha value is -1.65. The van der Waals surface area contributed by atoms with Gasteiger partial charge in [0.1, 0.15) is 0 Å². The minimum absolute atomic E-state index is 0.210. The van der Waals surface area contributed by atoms with Gasteiger partial charge in [-0.25, -0.2) is 4.98 Å². The monoisotopic (exact) mass is 356 g/mol. The van der Waals surface area contributed by atoms with Crippen LogP contribution < -0.4 is 0 Å². The molecule has 4 heteroatoms. The van der Waals surface area contributed by atoms with Crippen molar-refractivity contribution in [3.05, 3.63) is 54.1 Å². The van der Waals surface area contributed by atoms with Crippen LogP contribution in [0.2, 0.25) is 0 Å². The second-order valence-electron chi connectivity index (χ2n) is 7.74. The number of aromatic nitrogens is 2. The second-order valence-corrected chi connectivity index (χ2v) is 7.74. The predicted molar refractivity (Wildman–Crippen MR) is 104 cm³/mol. The minimum atomic E-state index is -0.546. The lowest BCUT2D eigenvalue weighted by Crippen LogP contribution is -2.36. The Morgan fingerprint density at radius 2 is 2.08 bits per heavy atom. The van der Waals surface area contributed by atoms with Crippen molar-refractivity contribution in [3.63, 3.8) is 0 Å². The molecule has 0 aliphatic carbocycles. The molecule has 1 aliphatic rings. The first-order valence-corrected chi connectivity index (χ1v) is 9.96. The summed E-state index contributed by atoms with van der Waals surface area (Å²) in [7, 11) is 0. The van der Waals surface area contributed by atoms with Crippen molar-refractivity contribution in [2.24, 2.45) is 0 Å². The lowest BCUT2D eigenvalue weighted by Gasteiger charge is -2.29. The van der Waals surface area contributed by atoms with Crippen molar-refractivity contribution in [2.75, 3.05) is 6.61 Å². The molecule has 0 bridgehead atoms. The van der Waals surface area contributed by atoms with Crippen LogP contribution in [-0.2, 0) is 22.4 Å². The Balaban J connectivity index is 1.66. The molecule has 0 amide bonds. The van der Waals surface area contributed by atoms with Crippen molar-refractivity contribution in [3.8, 4) is 0 Å². The van der Waals surface area contributed by atoms with E-state index >= 15 is 0 Å². The first-order valence-electron chi connectivity index (χ1n) is 9.96. The molecule has 1 aliphatic heterocycles. The average Bonchev–Trinajstić information content (AvgIpc) is 3.29. The minimum Gasteiger partial charge on any atom is -0.345 e. The van der Waals surface area contributed by atoms with Crippen molar-refractivity contribution in [1.82, 2.24) is 9.55 Å². The largest absolute Gasteiger partial charge is 0.345 e. The fourth-order valence-corrected chi connectivity index (χ4v) is 3.55. The molecule has 142 valence electrons. The molecule has 0 spiro atoms. The summed E-state index contributed by atoms with van der Waals surface area (Å²) in [4.78, 5) is 4.16. The van der Waals surface area contributed by atoms with Gasteiger partial charge in [-0.05, 0) is 29.9 Å². The van der Waals surface area contributed by atoms with Crippen molar-refractivity contribution < 1.29 is 9.47 Å². The molecule has 4 nitrogen and oxygen atoms in total. The molecule has 26 heavy (non-hydrogen) atoms. The zero-order valence-electron chi connectivity index (χ0n) is 16.4. The fourth-order valence-electron chi connectivity index (χ4n) is 3.55. The highest BCUT2D eigenvalue weighted by atomic mass is 16.7. The maximum absolute atomic E-state index is 6.44. The van der Waals surface area contributed by atoms with Crippen molar-refractivity contribution in [1.29, 1.82) is 0 Å². The predicted octanol–water partition coefficient (Wildman–Crippen LogP) is 4.94. The quantitative estimate of drug-likeness (QED) is 0.638. The fraction of sp³-hybridized carbons (Fsp3) is 0.591. The molecule has 1 saturated heterocycles. The van der Waals surface area contributed by atoms with E-state index < -0.39 is 5.79 Å². The molecule has 2 aromatic rings. The van der Waals surface area contributed by atoms with E-state index in [1.807, 2.05) is 18.7 Å². The van der Waals surface area contributed by atoms with Crippen LogP contribution in [0.15, 0.2) is 43.0 Å². The van der Waals surface area contributed by atoms with E-state index in [0.717, 1.165) is 19.3 Å². The Morgan fingerprint density at radius 3 is 2.73 bits per heavy atom. The van der Waals surface area contributed by atoms with Gasteiger partial charge in [-0.1, -0.05) is 57.9 Å². The molecular formula is C22H32N2O2. The van der Waals surface area contributed by atoms with Gasteiger partial charge in [-0.3, -0.25) is 0 Å². The zero-order valence-corrected chi connectivity index (χ0v) is 16.4. The Morgan fingerprint density at radius 1 is 1.27 bits per heavy atom. The van der Waals surface area contributed by atoms with Crippen LogP contribution in [0.4, 0.5) is 0 Å². The molecule has 1 fully saturated rings. The number of aryl methyl sites for hydroxylation is 1. The number of benzene rings is 1. The van der Waals surface area contributed by atoms with E-state index in [1.54, 1.807) is 0 Å². The van der Waals surface area contributed by atoms with Gasteiger partial charge in [0.2, 0.25) is 0 Å². The van der Waals surface area contributed by atoms with Crippen LogP contribution in [0, 0.1) is 0 Å². The average molecular weight is 357 g/mol. The van der Waals surface area contributed by atoms with Crippen molar-refractivity contribution in [2.45, 2.75) is 77.2 Å². The van der Waals surface area contributed by atoms with E-state index in [9.17, 15) is 0 Å². The normalized spacial score (nSPS) is 23.0. The first kappa shape index (κ1) is 19.1. The van der Waals surface area contributed by atoms with Crippen LogP contribution in [-0.4, -0.2) is 28.0 Å². The number of nitrogens with zero attached hydrogens (tertiary/aromatic N) is 2. The third-order valence-corrected chi connectivity index (χ3v) is 5.22. The van der Waals surface area contributed by atoms with E-state index in [1.165, 1.54) is 24.0 Å². The summed E-state index contributed by atoms with van der Waals surface area (Å²) in [5.74, 6) is 0.0213. The van der Waals surface area contributed by atoms with E-state index in [4.69, 9.17) is 9.47 Å². The lowest BCUT2D eigenvalue weighted by molar-refractivity contribution is -0.182. The number of hydrogen-bond acceptors (Lipinski definition) is 3. The molecule has 0 saturated carbocycles. The highest BCUT2D eigenvalue weighted by Gasteiger charge is 2.41. The highest BCUT2D eigenvalue weighted by Crippen LogP contribution is 2.32. The highest BCUT2D eigenvalue weighted by molar-refractivity contribution is 5.24. The molecule has 0 N–H and O–H groups in total. The molecule has 0 radical (unpaired) electrons. The van der Waals surface area contributed by atoms with E-state index in [-0.39, 0.29) is 6.10 Å². The van der Waals surface area contributed by atoms with Gasteiger partial charge >= 0.3 is 0 Å². The molecule has 2 heterocycles. The summed E-state index contributed by atoms with van der Waals surface area (Å²) in [5, 5.41) is 0. The van der Waals surface area contributed by atoms with Crippen LogP contribution in [0.1, 0.15) is 63.5 Å². The van der Waals surface area contributed by atoms with E-state index in [2.05, 4.69) is 54.6 Å². The van der Waals surface area contributed by atoms with Gasteiger partial charge in [0.05, 0.1) is 25.6 Å². The molecule has 2 unspecified atom stereocenters. The van der Waals surface area contributed by atoms with Crippen LogP contribution >= 0.6 is 0 Å². The second kappa shape index (κ2) is 8.83. The van der Waals surface area contributed by atoms with Gasteiger partial charge < -0.3 is 14.0 Å². The number of hydrogen-bond donors (Lipinski definition) is 0. The summed E-state index contributed by atoms with van der Waals surface area (Å²) >= 11 is 0. The standard InChI is InChI=1S/C22H32N2O2/c1-4-5-6-21-15-25-22(26-21,16-24-14-13-23-17-24)12-11-19-7-9-20(10-8-19)18(2)3/h7-10,13-14,17-18,21H,4-6,11-12,15-16H2,1-3H3. The molecule has 1 aromatic carbocycles. The molecule has 1 aromatic heterocycles. The summed E-state index contributed by atoms with van der Waals surface area (Å²) < 4.78 is 14.7. The Labute approximate surface area is 157 Å². The van der Waals surface area contributed by atoms with Crippen LogP contribution in [0.25, 0.3) is 0 Å². The van der Waals surface area contributed by atoms with Crippen molar-refractivity contribution >= 4 is 0 Å². The van der Waals surface area contributed by atoms with E-state index in [0.29, 0.717) is 19.1 Å². The number of rotatable bonds is 9. The Bertz CT molecular complexity index is 651. The summed E-state index contributed by atoms with van der Waals surface area (Å²) in [6, 6.07) is 8.96. The summed E-state index contributed by atoms with van der Waals surface area (Å²) in [6.07, 6.45) is 11.1. The SMILES string of the molecule is CCCCC1COC(CCc2ccc(C(C)C)cc2)(Cn2ccnc2)O1.